The second-order valence-electron chi connectivity index (χ2n) is 6.36. The molecule has 8 heteroatoms. The summed E-state index contributed by atoms with van der Waals surface area (Å²) in [5.41, 5.74) is 1.84. The average molecular weight is 396 g/mol. The SMILES string of the molecule is COc1ccc(-c2ccc(S(=O)(=O)N3CCC(S(C)(=O)=O)C3)cc2)cc1. The minimum absolute atomic E-state index is 0.0153. The zero-order valence-corrected chi connectivity index (χ0v) is 16.3. The third-order valence-electron chi connectivity index (χ3n) is 4.63. The zero-order valence-electron chi connectivity index (χ0n) is 14.6. The van der Waals surface area contributed by atoms with Crippen molar-refractivity contribution in [2.45, 2.75) is 16.6 Å². The molecule has 1 aliphatic rings. The summed E-state index contributed by atoms with van der Waals surface area (Å²) in [4.78, 5) is 0.170. The zero-order chi connectivity index (χ0) is 18.9. The summed E-state index contributed by atoms with van der Waals surface area (Å²) in [6.45, 7) is 0.238. The first-order chi connectivity index (χ1) is 12.2. The van der Waals surface area contributed by atoms with Crippen LogP contribution in [0.4, 0.5) is 0 Å². The second kappa shape index (κ2) is 7.02. The molecule has 0 aliphatic carbocycles. The molecule has 0 bridgehead atoms. The van der Waals surface area contributed by atoms with Gasteiger partial charge in [0.15, 0.2) is 9.84 Å². The van der Waals surface area contributed by atoms with Gasteiger partial charge in [-0.1, -0.05) is 24.3 Å². The minimum atomic E-state index is -3.69. The van der Waals surface area contributed by atoms with Crippen molar-refractivity contribution in [2.75, 3.05) is 26.5 Å². The van der Waals surface area contributed by atoms with Gasteiger partial charge in [0.25, 0.3) is 0 Å². The lowest BCUT2D eigenvalue weighted by atomic mass is 10.1. The highest BCUT2D eigenvalue weighted by Crippen LogP contribution is 2.27. The normalized spacial score (nSPS) is 18.8. The van der Waals surface area contributed by atoms with Crippen LogP contribution in [0.1, 0.15) is 6.42 Å². The number of benzene rings is 2. The lowest BCUT2D eigenvalue weighted by Crippen LogP contribution is -2.31. The smallest absolute Gasteiger partial charge is 0.243 e. The van der Waals surface area contributed by atoms with Crippen LogP contribution in [0.5, 0.6) is 5.75 Å². The van der Waals surface area contributed by atoms with Crippen LogP contribution in [-0.4, -0.2) is 52.8 Å². The number of sulfone groups is 1. The van der Waals surface area contributed by atoms with Crippen molar-refractivity contribution in [3.63, 3.8) is 0 Å². The molecule has 0 amide bonds. The van der Waals surface area contributed by atoms with Gasteiger partial charge in [-0.05, 0) is 41.8 Å². The van der Waals surface area contributed by atoms with Crippen LogP contribution in [0, 0.1) is 0 Å². The van der Waals surface area contributed by atoms with Crippen LogP contribution in [0.2, 0.25) is 0 Å². The standard InChI is InChI=1S/C18H21NO5S2/c1-24-16-7-3-14(4-8-16)15-5-9-17(10-6-15)26(22,23)19-12-11-18(13-19)25(2,20)21/h3-10,18H,11-13H2,1-2H3. The van der Waals surface area contributed by atoms with E-state index in [0.717, 1.165) is 23.1 Å². The molecule has 0 saturated carbocycles. The van der Waals surface area contributed by atoms with E-state index >= 15 is 0 Å². The van der Waals surface area contributed by atoms with E-state index in [4.69, 9.17) is 4.74 Å². The summed E-state index contributed by atoms with van der Waals surface area (Å²) in [6, 6.07) is 14.1. The topological polar surface area (TPSA) is 80.8 Å². The van der Waals surface area contributed by atoms with Gasteiger partial charge >= 0.3 is 0 Å². The summed E-state index contributed by atoms with van der Waals surface area (Å²) in [7, 11) is -5.34. The Morgan fingerprint density at radius 1 is 0.923 bits per heavy atom. The van der Waals surface area contributed by atoms with Crippen molar-refractivity contribution in [1.82, 2.24) is 4.31 Å². The Hall–Kier alpha value is -1.90. The third-order valence-corrected chi connectivity index (χ3v) is 8.10. The highest BCUT2D eigenvalue weighted by atomic mass is 32.2. The maximum Gasteiger partial charge on any atom is 0.243 e. The molecule has 3 rings (SSSR count). The van der Waals surface area contributed by atoms with E-state index in [1.807, 2.05) is 24.3 Å². The average Bonchev–Trinajstić information content (AvgIpc) is 3.13. The van der Waals surface area contributed by atoms with E-state index < -0.39 is 25.1 Å². The van der Waals surface area contributed by atoms with Crippen LogP contribution >= 0.6 is 0 Å². The van der Waals surface area contributed by atoms with E-state index in [1.165, 1.54) is 4.31 Å². The fourth-order valence-corrected chi connectivity index (χ4v) is 5.60. The van der Waals surface area contributed by atoms with Crippen molar-refractivity contribution in [3.8, 4) is 16.9 Å². The number of sulfonamides is 1. The van der Waals surface area contributed by atoms with Gasteiger partial charge in [-0.3, -0.25) is 0 Å². The van der Waals surface area contributed by atoms with Gasteiger partial charge in [0, 0.05) is 19.3 Å². The first-order valence-electron chi connectivity index (χ1n) is 8.15. The Kier molecular flexibility index (Phi) is 5.09. The van der Waals surface area contributed by atoms with E-state index in [2.05, 4.69) is 0 Å². The van der Waals surface area contributed by atoms with Gasteiger partial charge in [0.05, 0.1) is 17.3 Å². The molecule has 1 heterocycles. The van der Waals surface area contributed by atoms with Gasteiger partial charge in [-0.2, -0.15) is 4.31 Å². The molecule has 2 aromatic carbocycles. The molecule has 1 aliphatic heterocycles. The molecule has 0 N–H and O–H groups in total. The minimum Gasteiger partial charge on any atom is -0.497 e. The molecule has 0 aromatic heterocycles. The molecule has 1 saturated heterocycles. The maximum absolute atomic E-state index is 12.8. The number of ether oxygens (including phenoxy) is 1. The van der Waals surface area contributed by atoms with Crippen molar-refractivity contribution < 1.29 is 21.6 Å². The molecular formula is C18H21NO5S2. The van der Waals surface area contributed by atoms with Crippen molar-refractivity contribution >= 4 is 19.9 Å². The lowest BCUT2D eigenvalue weighted by molar-refractivity contribution is 0.415. The molecule has 6 nitrogen and oxygen atoms in total. The monoisotopic (exact) mass is 395 g/mol. The summed E-state index contributed by atoms with van der Waals surface area (Å²) >= 11 is 0. The molecule has 1 fully saturated rings. The van der Waals surface area contributed by atoms with Crippen LogP contribution in [-0.2, 0) is 19.9 Å². The molecular weight excluding hydrogens is 374 g/mol. The van der Waals surface area contributed by atoms with Gasteiger partial charge in [-0.25, -0.2) is 16.8 Å². The number of methoxy groups -OCH3 is 1. The fraction of sp³-hybridized carbons (Fsp3) is 0.333. The third kappa shape index (κ3) is 3.77. The Bertz CT molecular complexity index is 981. The molecule has 0 spiro atoms. The summed E-state index contributed by atoms with van der Waals surface area (Å²) in [5.74, 6) is 0.752. The molecule has 140 valence electrons. The second-order valence-corrected chi connectivity index (χ2v) is 10.6. The van der Waals surface area contributed by atoms with E-state index in [1.54, 1.807) is 31.4 Å². The van der Waals surface area contributed by atoms with Gasteiger partial charge < -0.3 is 4.74 Å². The molecule has 2 aromatic rings. The van der Waals surface area contributed by atoms with Crippen LogP contribution in [0.3, 0.4) is 0 Å². The number of hydrogen-bond acceptors (Lipinski definition) is 5. The summed E-state index contributed by atoms with van der Waals surface area (Å²) in [5, 5.41) is -0.629. The Morgan fingerprint density at radius 3 is 1.92 bits per heavy atom. The first kappa shape index (κ1) is 18.9. The van der Waals surface area contributed by atoms with Gasteiger partial charge in [0.1, 0.15) is 5.75 Å². The summed E-state index contributed by atoms with van der Waals surface area (Å²) in [6.07, 6.45) is 1.49. The van der Waals surface area contributed by atoms with E-state index in [9.17, 15) is 16.8 Å². The maximum atomic E-state index is 12.8. The molecule has 26 heavy (non-hydrogen) atoms. The quantitative estimate of drug-likeness (QED) is 0.775. The van der Waals surface area contributed by atoms with Gasteiger partial charge in [0.2, 0.25) is 10.0 Å². The predicted octanol–water partition coefficient (Wildman–Crippen LogP) is 2.17. The van der Waals surface area contributed by atoms with Crippen molar-refractivity contribution in [2.24, 2.45) is 0 Å². The Balaban J connectivity index is 1.81. The predicted molar refractivity (Wildman–Crippen MR) is 100 cm³/mol. The van der Waals surface area contributed by atoms with Crippen LogP contribution in [0.25, 0.3) is 11.1 Å². The Morgan fingerprint density at radius 2 is 1.46 bits per heavy atom. The summed E-state index contributed by atoms with van der Waals surface area (Å²) < 4.78 is 55.2. The first-order valence-corrected chi connectivity index (χ1v) is 11.5. The van der Waals surface area contributed by atoms with Crippen molar-refractivity contribution in [1.29, 1.82) is 0 Å². The highest BCUT2D eigenvalue weighted by Gasteiger charge is 2.36. The molecule has 1 unspecified atom stereocenters. The molecule has 1 atom stereocenters. The van der Waals surface area contributed by atoms with Crippen molar-refractivity contribution in [3.05, 3.63) is 48.5 Å². The van der Waals surface area contributed by atoms with Crippen LogP contribution < -0.4 is 4.74 Å². The van der Waals surface area contributed by atoms with Gasteiger partial charge in [-0.15, -0.1) is 0 Å². The van der Waals surface area contributed by atoms with E-state index in [0.29, 0.717) is 6.42 Å². The molecule has 0 radical (unpaired) electrons. The van der Waals surface area contributed by atoms with E-state index in [-0.39, 0.29) is 18.0 Å². The fourth-order valence-electron chi connectivity index (χ4n) is 3.02. The highest BCUT2D eigenvalue weighted by molar-refractivity contribution is 7.91. The largest absolute Gasteiger partial charge is 0.497 e. The Labute approximate surface area is 154 Å². The number of hydrogen-bond donors (Lipinski definition) is 0. The number of rotatable bonds is 5. The number of nitrogens with zero attached hydrogens (tertiary/aromatic N) is 1. The lowest BCUT2D eigenvalue weighted by Gasteiger charge is -2.16. The van der Waals surface area contributed by atoms with Crippen LogP contribution in [0.15, 0.2) is 53.4 Å².